The molecule has 0 spiro atoms. The first-order valence-electron chi connectivity index (χ1n) is 5.42. The largest absolute Gasteiger partial charge is 0.457 e. The number of halogens is 1. The second-order valence-corrected chi connectivity index (χ2v) is 5.32. The van der Waals surface area contributed by atoms with Crippen LogP contribution < -0.4 is 11.1 Å². The van der Waals surface area contributed by atoms with Crippen molar-refractivity contribution < 1.29 is 9.21 Å². The molecule has 2 atom stereocenters. The van der Waals surface area contributed by atoms with E-state index in [0.717, 1.165) is 19.3 Å². The van der Waals surface area contributed by atoms with Crippen LogP contribution in [0.1, 0.15) is 29.6 Å². The average molecular weight is 317 g/mol. The number of hydrogen-bond donors (Lipinski definition) is 2. The zero-order valence-corrected chi connectivity index (χ0v) is 11.5. The highest BCUT2D eigenvalue weighted by molar-refractivity contribution is 9.10. The van der Waals surface area contributed by atoms with Crippen molar-refractivity contribution in [3.05, 3.63) is 22.6 Å². The fraction of sp³-hybridized carbons (Fsp3) is 0.455. The molecule has 0 saturated heterocycles. The van der Waals surface area contributed by atoms with Crippen LogP contribution in [0.3, 0.4) is 0 Å². The van der Waals surface area contributed by atoms with Crippen LogP contribution in [0.4, 0.5) is 0 Å². The number of carbonyl (C=O) groups excluding carboxylic acids is 1. The maximum absolute atomic E-state index is 12.0. The van der Waals surface area contributed by atoms with Crippen molar-refractivity contribution in [2.24, 2.45) is 11.7 Å². The summed E-state index contributed by atoms with van der Waals surface area (Å²) in [5.74, 6) is -0.0431. The molecule has 0 bridgehead atoms. The van der Waals surface area contributed by atoms with Gasteiger partial charge in [-0.2, -0.15) is 0 Å². The van der Waals surface area contributed by atoms with Crippen molar-refractivity contribution in [2.75, 3.05) is 0 Å². The van der Waals surface area contributed by atoms with Crippen LogP contribution in [-0.2, 0) is 0 Å². The van der Waals surface area contributed by atoms with Gasteiger partial charge >= 0.3 is 0 Å². The van der Waals surface area contributed by atoms with E-state index in [9.17, 15) is 4.79 Å². The molecule has 1 amide bonds. The fourth-order valence-corrected chi connectivity index (χ4v) is 2.88. The predicted octanol–water partition coefficient (Wildman–Crippen LogP) is 2.23. The third kappa shape index (κ3) is 2.69. The summed E-state index contributed by atoms with van der Waals surface area (Å²) in [6.45, 7) is 0. The third-order valence-electron chi connectivity index (χ3n) is 3.06. The number of nitrogens with two attached hydrogens (primary N) is 1. The summed E-state index contributed by atoms with van der Waals surface area (Å²) in [6.07, 6.45) is 4.38. The molecule has 1 aromatic heterocycles. The normalized spacial score (nSPS) is 23.6. The van der Waals surface area contributed by atoms with Crippen LogP contribution in [0, 0.1) is 5.92 Å². The predicted molar refractivity (Wildman–Crippen MR) is 71.8 cm³/mol. The highest BCUT2D eigenvalue weighted by atomic mass is 79.9. The zero-order valence-electron chi connectivity index (χ0n) is 9.11. The first kappa shape index (κ1) is 12.6. The molecule has 0 aliphatic heterocycles. The molecule has 92 valence electrons. The third-order valence-corrected chi connectivity index (χ3v) is 3.98. The van der Waals surface area contributed by atoms with E-state index in [-0.39, 0.29) is 17.9 Å². The molecule has 0 aromatic carbocycles. The van der Waals surface area contributed by atoms with E-state index in [1.54, 1.807) is 6.07 Å². The first-order valence-corrected chi connectivity index (χ1v) is 6.63. The van der Waals surface area contributed by atoms with Gasteiger partial charge in [-0.1, -0.05) is 18.6 Å². The highest BCUT2D eigenvalue weighted by Gasteiger charge is 2.31. The molecule has 17 heavy (non-hydrogen) atoms. The molecule has 1 saturated carbocycles. The van der Waals surface area contributed by atoms with Gasteiger partial charge in [-0.15, -0.1) is 0 Å². The fourth-order valence-electron chi connectivity index (χ4n) is 2.18. The molecule has 0 radical (unpaired) electrons. The van der Waals surface area contributed by atoms with Crippen molar-refractivity contribution in [2.45, 2.75) is 25.3 Å². The van der Waals surface area contributed by atoms with Crippen LogP contribution in [0.2, 0.25) is 0 Å². The number of furan rings is 1. The Bertz CT molecular complexity index is 446. The smallest absolute Gasteiger partial charge is 0.255 e. The SMILES string of the molecule is NC(=S)C1CCCC1NC(=O)c1ccoc1Br. The number of rotatable bonds is 3. The van der Waals surface area contributed by atoms with Crippen LogP contribution in [0.25, 0.3) is 0 Å². The highest BCUT2D eigenvalue weighted by Crippen LogP contribution is 2.27. The van der Waals surface area contributed by atoms with Crippen molar-refractivity contribution >= 4 is 39.0 Å². The van der Waals surface area contributed by atoms with E-state index >= 15 is 0 Å². The van der Waals surface area contributed by atoms with Crippen LogP contribution in [-0.4, -0.2) is 16.9 Å². The monoisotopic (exact) mass is 316 g/mol. The zero-order chi connectivity index (χ0) is 12.4. The van der Waals surface area contributed by atoms with E-state index in [1.807, 2.05) is 0 Å². The minimum atomic E-state index is -0.154. The van der Waals surface area contributed by atoms with Crippen LogP contribution in [0.5, 0.6) is 0 Å². The van der Waals surface area contributed by atoms with Gasteiger partial charge < -0.3 is 15.5 Å². The van der Waals surface area contributed by atoms with E-state index < -0.39 is 0 Å². The van der Waals surface area contributed by atoms with Gasteiger partial charge in [0.15, 0.2) is 4.67 Å². The Hall–Kier alpha value is -0.880. The van der Waals surface area contributed by atoms with Gasteiger partial charge in [0.25, 0.3) is 5.91 Å². The number of nitrogens with one attached hydrogen (secondary N) is 1. The van der Waals surface area contributed by atoms with Gasteiger partial charge in [0.2, 0.25) is 0 Å². The Morgan fingerprint density at radius 2 is 2.35 bits per heavy atom. The van der Waals surface area contributed by atoms with Crippen LogP contribution in [0.15, 0.2) is 21.4 Å². The Labute approximate surface area is 113 Å². The van der Waals surface area contributed by atoms with Crippen molar-refractivity contribution in [1.29, 1.82) is 0 Å². The van der Waals surface area contributed by atoms with Gasteiger partial charge in [0.1, 0.15) is 0 Å². The van der Waals surface area contributed by atoms with Gasteiger partial charge in [-0.25, -0.2) is 0 Å². The minimum absolute atomic E-state index is 0.0433. The van der Waals surface area contributed by atoms with Crippen LogP contribution >= 0.6 is 28.1 Å². The summed E-state index contributed by atoms with van der Waals surface area (Å²) in [6, 6.07) is 1.67. The second kappa shape index (κ2) is 5.18. The van der Waals surface area contributed by atoms with Gasteiger partial charge in [0, 0.05) is 12.0 Å². The second-order valence-electron chi connectivity index (χ2n) is 4.13. The lowest BCUT2D eigenvalue weighted by atomic mass is 10.0. The van der Waals surface area contributed by atoms with Gasteiger partial charge in [-0.3, -0.25) is 4.79 Å². The van der Waals surface area contributed by atoms with E-state index in [2.05, 4.69) is 21.2 Å². The molecular formula is C11H13BrN2O2S. The molecule has 1 aliphatic carbocycles. The molecule has 1 aliphatic rings. The Kier molecular flexibility index (Phi) is 3.83. The van der Waals surface area contributed by atoms with E-state index in [0.29, 0.717) is 15.2 Å². The molecule has 1 aromatic rings. The molecule has 1 fully saturated rings. The number of thiocarbonyl (C=S) groups is 1. The molecule has 2 rings (SSSR count). The average Bonchev–Trinajstić information content (AvgIpc) is 2.86. The lowest BCUT2D eigenvalue weighted by Crippen LogP contribution is -2.41. The molecule has 2 unspecified atom stereocenters. The van der Waals surface area contributed by atoms with Crippen molar-refractivity contribution in [3.63, 3.8) is 0 Å². The summed E-state index contributed by atoms with van der Waals surface area (Å²) < 4.78 is 5.47. The first-order chi connectivity index (χ1) is 8.09. The van der Waals surface area contributed by atoms with Gasteiger partial charge in [0.05, 0.1) is 16.8 Å². The maximum atomic E-state index is 12.0. The lowest BCUT2D eigenvalue weighted by Gasteiger charge is -2.19. The topological polar surface area (TPSA) is 68.3 Å². The minimum Gasteiger partial charge on any atom is -0.457 e. The summed E-state index contributed by atoms with van der Waals surface area (Å²) in [5, 5.41) is 2.96. The molecule has 1 heterocycles. The van der Waals surface area contributed by atoms with E-state index in [1.165, 1.54) is 6.26 Å². The summed E-state index contributed by atoms with van der Waals surface area (Å²) >= 11 is 8.19. The number of carbonyl (C=O) groups is 1. The van der Waals surface area contributed by atoms with Gasteiger partial charge in [-0.05, 0) is 34.8 Å². The Morgan fingerprint density at radius 1 is 1.59 bits per heavy atom. The maximum Gasteiger partial charge on any atom is 0.255 e. The number of hydrogen-bond acceptors (Lipinski definition) is 3. The molecule has 6 heteroatoms. The summed E-state index contributed by atoms with van der Waals surface area (Å²) in [4.78, 5) is 12.5. The standard InChI is InChI=1S/C11H13BrN2O2S/c12-9-7(4-5-16-9)11(15)14-8-3-1-2-6(8)10(13)17/h4-6,8H,1-3H2,(H2,13,17)(H,14,15). The summed E-state index contributed by atoms with van der Waals surface area (Å²) in [7, 11) is 0. The molecule has 3 N–H and O–H groups in total. The van der Waals surface area contributed by atoms with E-state index in [4.69, 9.17) is 22.4 Å². The molecule has 4 nitrogen and oxygen atoms in total. The Balaban J connectivity index is 2.04. The van der Waals surface area contributed by atoms with Crippen molar-refractivity contribution in [1.82, 2.24) is 5.32 Å². The quantitative estimate of drug-likeness (QED) is 0.839. The molecular weight excluding hydrogens is 304 g/mol. The summed E-state index contributed by atoms with van der Waals surface area (Å²) in [5.41, 5.74) is 6.16. The van der Waals surface area contributed by atoms with Crippen molar-refractivity contribution in [3.8, 4) is 0 Å². The Morgan fingerprint density at radius 3 is 2.94 bits per heavy atom. The lowest BCUT2D eigenvalue weighted by molar-refractivity contribution is 0.0932. The number of amides is 1.